The van der Waals surface area contributed by atoms with Gasteiger partial charge in [0.1, 0.15) is 0 Å². The lowest BCUT2D eigenvalue weighted by Crippen LogP contribution is -2.36. The molecule has 39 heavy (non-hydrogen) atoms. The Morgan fingerprint density at radius 1 is 0.897 bits per heavy atom. The molecule has 1 fully saturated rings. The molecule has 0 spiro atoms. The van der Waals surface area contributed by atoms with E-state index in [4.69, 9.17) is 5.11 Å². The number of aliphatic carboxylic acids is 1. The Kier molecular flexibility index (Phi) is 9.66. The predicted octanol–water partition coefficient (Wildman–Crippen LogP) is 4.04. The number of amides is 1. The maximum Gasteiger partial charge on any atom is 0.307 e. The fraction of sp³-hybridized carbons (Fsp3) is 0.414. The Morgan fingerprint density at radius 2 is 1.54 bits per heavy atom. The zero-order valence-electron chi connectivity index (χ0n) is 22.5. The van der Waals surface area contributed by atoms with Gasteiger partial charge in [-0.1, -0.05) is 61.5 Å². The van der Waals surface area contributed by atoms with Gasteiger partial charge in [-0.25, -0.2) is 0 Å². The summed E-state index contributed by atoms with van der Waals surface area (Å²) in [6.07, 6.45) is 3.25. The van der Waals surface area contributed by atoms with Gasteiger partial charge in [0.25, 0.3) is 0 Å². The van der Waals surface area contributed by atoms with Crippen molar-refractivity contribution in [2.45, 2.75) is 57.5 Å². The monoisotopic (exact) mass is 531 g/mol. The molecule has 10 heteroatoms. The summed E-state index contributed by atoms with van der Waals surface area (Å²) in [4.78, 5) is 37.1. The van der Waals surface area contributed by atoms with Gasteiger partial charge in [0.05, 0.1) is 6.42 Å². The third-order valence-electron chi connectivity index (χ3n) is 7.07. The van der Waals surface area contributed by atoms with E-state index < -0.39 is 5.97 Å². The minimum atomic E-state index is -0.857. The Bertz CT molecular complexity index is 1230. The van der Waals surface area contributed by atoms with E-state index in [1.165, 1.54) is 5.56 Å². The van der Waals surface area contributed by atoms with Crippen LogP contribution in [0.15, 0.2) is 54.6 Å². The first kappa shape index (κ1) is 27.8. The number of rotatable bonds is 12. The fourth-order valence-electron chi connectivity index (χ4n) is 4.74. The zero-order chi connectivity index (χ0) is 27.6. The van der Waals surface area contributed by atoms with Crippen LogP contribution in [0, 0.1) is 5.92 Å². The van der Waals surface area contributed by atoms with Crippen molar-refractivity contribution < 1.29 is 14.7 Å². The van der Waals surface area contributed by atoms with E-state index in [1.54, 1.807) is 19.2 Å². The van der Waals surface area contributed by atoms with Crippen LogP contribution in [0.2, 0.25) is 0 Å². The highest BCUT2D eigenvalue weighted by Crippen LogP contribution is 2.27. The van der Waals surface area contributed by atoms with Crippen molar-refractivity contribution in [3.8, 4) is 0 Å². The molecule has 206 valence electrons. The first-order valence-electron chi connectivity index (χ1n) is 13.5. The number of hydrogen-bond acceptors (Lipinski definition) is 8. The number of nitrogens with zero attached hydrogens (tertiary/aromatic N) is 3. The summed E-state index contributed by atoms with van der Waals surface area (Å²) in [7, 11) is 1.78. The molecule has 1 unspecified atom stereocenters. The molecular formula is C29H37N7O3. The SMILES string of the molecule is CNc1nc(NCC(C)c2ccccc2)nc(N[C@H]2CC[C@@H](C(=O)NCc3ccc(CC(=O)O)cc3)CC2)n1. The van der Waals surface area contributed by atoms with Gasteiger partial charge in [-0.2, -0.15) is 15.0 Å². The van der Waals surface area contributed by atoms with Crippen molar-refractivity contribution in [3.05, 3.63) is 71.3 Å². The molecule has 1 aromatic heterocycles. The number of carboxylic acid groups (broad SMARTS) is 1. The highest BCUT2D eigenvalue weighted by atomic mass is 16.4. The largest absolute Gasteiger partial charge is 0.481 e. The standard InChI is InChI=1S/C29H37N7O3/c1-19(22-6-4-3-5-7-22)17-32-28-34-27(30-2)35-29(36-28)33-24-14-12-23(13-15-24)26(39)31-18-21-10-8-20(9-11-21)16-25(37)38/h3-11,19,23-24H,12-18H2,1-2H3,(H,31,39)(H,37,38)(H3,30,32,33,34,35,36)/t19?,23-,24+. The minimum absolute atomic E-state index is 0.00396. The zero-order valence-corrected chi connectivity index (χ0v) is 22.5. The molecule has 4 rings (SSSR count). The van der Waals surface area contributed by atoms with Crippen LogP contribution < -0.4 is 21.3 Å². The van der Waals surface area contributed by atoms with Crippen LogP contribution in [-0.4, -0.2) is 51.6 Å². The molecule has 2 aromatic carbocycles. The number of anilines is 3. The van der Waals surface area contributed by atoms with E-state index in [0.717, 1.165) is 36.8 Å². The van der Waals surface area contributed by atoms with E-state index in [2.05, 4.69) is 55.3 Å². The lowest BCUT2D eigenvalue weighted by atomic mass is 9.85. The summed E-state index contributed by atoms with van der Waals surface area (Å²) < 4.78 is 0. The second-order valence-corrected chi connectivity index (χ2v) is 10.0. The van der Waals surface area contributed by atoms with Crippen molar-refractivity contribution in [1.82, 2.24) is 20.3 Å². The average Bonchev–Trinajstić information content (AvgIpc) is 2.95. The van der Waals surface area contributed by atoms with Gasteiger partial charge in [-0.15, -0.1) is 0 Å². The van der Waals surface area contributed by atoms with Crippen LogP contribution in [0.1, 0.15) is 55.2 Å². The van der Waals surface area contributed by atoms with Crippen LogP contribution >= 0.6 is 0 Å². The van der Waals surface area contributed by atoms with Crippen LogP contribution in [-0.2, 0) is 22.6 Å². The topological polar surface area (TPSA) is 141 Å². The van der Waals surface area contributed by atoms with E-state index in [0.29, 0.717) is 36.9 Å². The van der Waals surface area contributed by atoms with Gasteiger partial charge >= 0.3 is 5.97 Å². The molecule has 5 N–H and O–H groups in total. The summed E-state index contributed by atoms with van der Waals surface area (Å²) in [5, 5.41) is 21.7. The second kappa shape index (κ2) is 13.5. The van der Waals surface area contributed by atoms with E-state index in [-0.39, 0.29) is 24.3 Å². The normalized spacial score (nSPS) is 17.6. The van der Waals surface area contributed by atoms with Gasteiger partial charge in [-0.3, -0.25) is 9.59 Å². The first-order valence-corrected chi connectivity index (χ1v) is 13.5. The molecule has 0 bridgehead atoms. The van der Waals surface area contributed by atoms with Crippen LogP contribution in [0.3, 0.4) is 0 Å². The molecule has 1 atom stereocenters. The smallest absolute Gasteiger partial charge is 0.307 e. The quantitative estimate of drug-likeness (QED) is 0.234. The molecule has 1 saturated carbocycles. The van der Waals surface area contributed by atoms with Crippen LogP contribution in [0.25, 0.3) is 0 Å². The summed E-state index contributed by atoms with van der Waals surface area (Å²) in [5.41, 5.74) is 2.94. The summed E-state index contributed by atoms with van der Waals surface area (Å²) in [6, 6.07) is 17.8. The fourth-order valence-corrected chi connectivity index (χ4v) is 4.74. The number of aromatic nitrogens is 3. The third kappa shape index (κ3) is 8.39. The number of carbonyl (C=O) groups is 2. The Morgan fingerprint density at radius 3 is 2.21 bits per heavy atom. The van der Waals surface area contributed by atoms with Crippen molar-refractivity contribution in [1.29, 1.82) is 0 Å². The summed E-state index contributed by atoms with van der Waals surface area (Å²) in [6.45, 7) is 3.29. The molecule has 1 aliphatic rings. The second-order valence-electron chi connectivity index (χ2n) is 10.0. The average molecular weight is 532 g/mol. The van der Waals surface area contributed by atoms with E-state index >= 15 is 0 Å². The Hall–Kier alpha value is -4.21. The van der Waals surface area contributed by atoms with E-state index in [1.807, 2.05) is 30.3 Å². The molecule has 1 heterocycles. The Balaban J connectivity index is 1.24. The maximum atomic E-state index is 12.7. The number of benzene rings is 2. The van der Waals surface area contributed by atoms with Gasteiger partial charge in [-0.05, 0) is 48.3 Å². The first-order chi connectivity index (χ1) is 18.9. The maximum absolute atomic E-state index is 12.7. The van der Waals surface area contributed by atoms with Crippen molar-refractivity contribution in [3.63, 3.8) is 0 Å². The van der Waals surface area contributed by atoms with Crippen molar-refractivity contribution >= 4 is 29.7 Å². The highest BCUT2D eigenvalue weighted by Gasteiger charge is 2.26. The lowest BCUT2D eigenvalue weighted by molar-refractivity contribution is -0.136. The molecule has 1 amide bonds. The molecule has 0 saturated heterocycles. The van der Waals surface area contributed by atoms with E-state index in [9.17, 15) is 9.59 Å². The number of carbonyl (C=O) groups excluding carboxylic acids is 1. The molecular weight excluding hydrogens is 494 g/mol. The number of carboxylic acids is 1. The molecule has 0 radical (unpaired) electrons. The van der Waals surface area contributed by atoms with Crippen molar-refractivity contribution in [2.75, 3.05) is 29.5 Å². The Labute approximate surface area is 229 Å². The molecule has 1 aliphatic carbocycles. The summed E-state index contributed by atoms with van der Waals surface area (Å²) >= 11 is 0. The van der Waals surface area contributed by atoms with Gasteiger partial charge in [0, 0.05) is 32.1 Å². The minimum Gasteiger partial charge on any atom is -0.481 e. The molecule has 0 aliphatic heterocycles. The lowest BCUT2D eigenvalue weighted by Gasteiger charge is -2.28. The van der Waals surface area contributed by atoms with Gasteiger partial charge in [0.15, 0.2) is 0 Å². The molecule has 10 nitrogen and oxygen atoms in total. The summed E-state index contributed by atoms with van der Waals surface area (Å²) in [5.74, 6) is 0.996. The number of hydrogen-bond donors (Lipinski definition) is 5. The third-order valence-corrected chi connectivity index (χ3v) is 7.07. The van der Waals surface area contributed by atoms with Gasteiger partial charge in [0.2, 0.25) is 23.8 Å². The van der Waals surface area contributed by atoms with Crippen LogP contribution in [0.5, 0.6) is 0 Å². The number of nitrogens with one attached hydrogen (secondary N) is 4. The predicted molar refractivity (Wildman–Crippen MR) is 152 cm³/mol. The highest BCUT2D eigenvalue weighted by molar-refractivity contribution is 5.78. The van der Waals surface area contributed by atoms with Crippen LogP contribution in [0.4, 0.5) is 17.8 Å². The van der Waals surface area contributed by atoms with Crippen molar-refractivity contribution in [2.24, 2.45) is 5.92 Å². The van der Waals surface area contributed by atoms with Gasteiger partial charge < -0.3 is 26.4 Å². The molecule has 3 aromatic rings.